The zero-order chi connectivity index (χ0) is 30.2. The first-order chi connectivity index (χ1) is 18.8. The highest BCUT2D eigenvalue weighted by Crippen LogP contribution is 2.07. The van der Waals surface area contributed by atoms with Crippen LogP contribution in [0.1, 0.15) is 37.7 Å². The number of nitrogens with two attached hydrogens (primary N) is 3. The molecule has 16 heteroatoms. The highest BCUT2D eigenvalue weighted by molar-refractivity contribution is 5.95. The van der Waals surface area contributed by atoms with Crippen LogP contribution in [-0.2, 0) is 35.2 Å². The molecule has 12 N–H and O–H groups in total. The molecule has 16 nitrogen and oxygen atoms in total. The molecule has 1 rings (SSSR count). The number of aliphatic imine (C=N–C) groups is 1. The summed E-state index contributed by atoms with van der Waals surface area (Å²) >= 11 is 0. The monoisotopic (exact) mass is 565 g/mol. The number of nitrogens with one attached hydrogen (secondary N) is 3. The van der Waals surface area contributed by atoms with E-state index in [9.17, 15) is 33.9 Å². The summed E-state index contributed by atoms with van der Waals surface area (Å²) in [5.41, 5.74) is 17.1. The largest absolute Gasteiger partial charge is 0.481 e. The molecule has 0 heterocycles. The predicted molar refractivity (Wildman–Crippen MR) is 141 cm³/mol. The Labute approximate surface area is 229 Å². The van der Waals surface area contributed by atoms with Gasteiger partial charge >= 0.3 is 17.9 Å². The SMILES string of the molecule is NC(N)=NCCCC(N)C(=O)NC(Cc1ccccc1)C(=O)NC(CCC(=O)O)C(=O)NC(CC(=O)O)C(=O)O. The average molecular weight is 566 g/mol. The fourth-order valence-corrected chi connectivity index (χ4v) is 3.44. The van der Waals surface area contributed by atoms with E-state index in [1.807, 2.05) is 5.32 Å². The van der Waals surface area contributed by atoms with E-state index < -0.39 is 79.1 Å². The number of benzene rings is 1. The Balaban J connectivity index is 3.09. The number of aliphatic carboxylic acids is 3. The Kier molecular flexibility index (Phi) is 14.1. The van der Waals surface area contributed by atoms with Crippen molar-refractivity contribution in [2.24, 2.45) is 22.2 Å². The van der Waals surface area contributed by atoms with Crippen molar-refractivity contribution in [2.45, 2.75) is 62.7 Å². The molecule has 0 bridgehead atoms. The Hall–Kier alpha value is -4.73. The fraction of sp³-hybridized carbons (Fsp3) is 0.458. The quantitative estimate of drug-likeness (QED) is 0.0506. The summed E-state index contributed by atoms with van der Waals surface area (Å²) < 4.78 is 0. The number of guanidine groups is 1. The average Bonchev–Trinajstić information content (AvgIpc) is 2.87. The molecule has 0 spiro atoms. The van der Waals surface area contributed by atoms with Crippen LogP contribution in [0.15, 0.2) is 35.3 Å². The zero-order valence-electron chi connectivity index (χ0n) is 21.6. The summed E-state index contributed by atoms with van der Waals surface area (Å²) in [4.78, 5) is 76.0. The molecule has 40 heavy (non-hydrogen) atoms. The first-order valence-corrected chi connectivity index (χ1v) is 12.2. The van der Waals surface area contributed by atoms with Gasteiger partial charge in [-0.2, -0.15) is 0 Å². The number of carboxylic acid groups (broad SMARTS) is 3. The van der Waals surface area contributed by atoms with Crippen LogP contribution in [-0.4, -0.2) is 87.6 Å². The number of hydrogen-bond donors (Lipinski definition) is 9. The van der Waals surface area contributed by atoms with Gasteiger partial charge in [-0.05, 0) is 24.8 Å². The predicted octanol–water partition coefficient (Wildman–Crippen LogP) is -2.51. The van der Waals surface area contributed by atoms with Gasteiger partial charge in [0.05, 0.1) is 12.5 Å². The number of carbonyl (C=O) groups excluding carboxylic acids is 3. The standard InChI is InChI=1S/C24H35N7O9/c25-14(7-4-10-28-24(26)27)20(36)30-16(11-13-5-2-1-3-6-13)22(38)29-15(8-9-18(32)33)21(37)31-17(23(39)40)12-19(34)35/h1-3,5-6,14-17H,4,7-12,25H2,(H,29,38)(H,30,36)(H,31,37)(H,32,33)(H,34,35)(H,39,40)(H4,26,27,28). The molecule has 1 aromatic carbocycles. The third-order valence-corrected chi connectivity index (χ3v) is 5.49. The molecule has 0 fully saturated rings. The van der Waals surface area contributed by atoms with Gasteiger partial charge in [0.15, 0.2) is 5.96 Å². The molecule has 0 aliphatic carbocycles. The van der Waals surface area contributed by atoms with Gasteiger partial charge in [0.1, 0.15) is 18.1 Å². The lowest BCUT2D eigenvalue weighted by atomic mass is 10.0. The molecule has 0 aliphatic heterocycles. The van der Waals surface area contributed by atoms with Crippen molar-refractivity contribution in [3.05, 3.63) is 35.9 Å². The Bertz CT molecular complexity index is 1080. The van der Waals surface area contributed by atoms with Crippen LogP contribution in [0.3, 0.4) is 0 Å². The second kappa shape index (κ2) is 17.0. The first kappa shape index (κ1) is 33.3. The van der Waals surface area contributed by atoms with Gasteiger partial charge in [0.2, 0.25) is 17.7 Å². The number of carbonyl (C=O) groups is 6. The van der Waals surface area contributed by atoms with Crippen molar-refractivity contribution in [2.75, 3.05) is 6.54 Å². The van der Waals surface area contributed by atoms with E-state index in [-0.39, 0.29) is 25.3 Å². The lowest BCUT2D eigenvalue weighted by molar-refractivity contribution is -0.147. The van der Waals surface area contributed by atoms with Crippen LogP contribution in [0.25, 0.3) is 0 Å². The van der Waals surface area contributed by atoms with Gasteiger partial charge in [0.25, 0.3) is 0 Å². The summed E-state index contributed by atoms with van der Waals surface area (Å²) in [5.74, 6) is -7.21. The van der Waals surface area contributed by atoms with Gasteiger partial charge < -0.3 is 48.5 Å². The van der Waals surface area contributed by atoms with Crippen LogP contribution in [0.4, 0.5) is 0 Å². The van der Waals surface area contributed by atoms with Crippen LogP contribution in [0.5, 0.6) is 0 Å². The molecule has 1 aromatic rings. The summed E-state index contributed by atoms with van der Waals surface area (Å²) in [7, 11) is 0. The third kappa shape index (κ3) is 13.2. The number of carboxylic acids is 3. The third-order valence-electron chi connectivity index (χ3n) is 5.49. The van der Waals surface area contributed by atoms with Gasteiger partial charge in [-0.3, -0.25) is 29.0 Å². The topological polar surface area (TPSA) is 290 Å². The molecular formula is C24H35N7O9. The lowest BCUT2D eigenvalue weighted by Gasteiger charge is -2.25. The zero-order valence-corrected chi connectivity index (χ0v) is 21.6. The van der Waals surface area contributed by atoms with E-state index in [0.717, 1.165) is 0 Å². The summed E-state index contributed by atoms with van der Waals surface area (Å²) in [6, 6.07) is 2.88. The molecule has 4 unspecified atom stereocenters. The minimum Gasteiger partial charge on any atom is -0.481 e. The van der Waals surface area contributed by atoms with E-state index in [2.05, 4.69) is 15.6 Å². The minimum absolute atomic E-state index is 0.0246. The highest BCUT2D eigenvalue weighted by Gasteiger charge is 2.31. The van der Waals surface area contributed by atoms with E-state index >= 15 is 0 Å². The van der Waals surface area contributed by atoms with Crippen molar-refractivity contribution in [3.8, 4) is 0 Å². The normalized spacial score (nSPS) is 13.5. The smallest absolute Gasteiger partial charge is 0.326 e. The van der Waals surface area contributed by atoms with Crippen LogP contribution in [0.2, 0.25) is 0 Å². The van der Waals surface area contributed by atoms with Crippen molar-refractivity contribution < 1.29 is 44.1 Å². The molecule has 0 radical (unpaired) electrons. The van der Waals surface area contributed by atoms with E-state index in [0.29, 0.717) is 12.0 Å². The van der Waals surface area contributed by atoms with E-state index in [4.69, 9.17) is 27.4 Å². The van der Waals surface area contributed by atoms with Gasteiger partial charge in [0, 0.05) is 19.4 Å². The lowest BCUT2D eigenvalue weighted by Crippen LogP contribution is -2.57. The number of hydrogen-bond acceptors (Lipinski definition) is 8. The van der Waals surface area contributed by atoms with E-state index in [1.54, 1.807) is 30.3 Å². The van der Waals surface area contributed by atoms with Gasteiger partial charge in [-0.1, -0.05) is 30.3 Å². The molecule has 0 aliphatic rings. The van der Waals surface area contributed by atoms with Crippen LogP contribution in [0, 0.1) is 0 Å². The second-order valence-electron chi connectivity index (χ2n) is 8.80. The molecule has 3 amide bonds. The number of rotatable bonds is 18. The maximum absolute atomic E-state index is 13.2. The summed E-state index contributed by atoms with van der Waals surface area (Å²) in [6.07, 6.45) is -1.43. The van der Waals surface area contributed by atoms with Crippen molar-refractivity contribution >= 4 is 41.6 Å². The highest BCUT2D eigenvalue weighted by atomic mass is 16.4. The molecule has 0 saturated heterocycles. The minimum atomic E-state index is -1.83. The Morgan fingerprint density at radius 3 is 1.90 bits per heavy atom. The van der Waals surface area contributed by atoms with Crippen molar-refractivity contribution in [1.82, 2.24) is 16.0 Å². The molecule has 4 atom stereocenters. The van der Waals surface area contributed by atoms with Crippen molar-refractivity contribution in [3.63, 3.8) is 0 Å². The number of nitrogens with zero attached hydrogens (tertiary/aromatic N) is 1. The van der Waals surface area contributed by atoms with Crippen LogP contribution < -0.4 is 33.2 Å². The fourth-order valence-electron chi connectivity index (χ4n) is 3.44. The molecule has 220 valence electrons. The van der Waals surface area contributed by atoms with Crippen LogP contribution >= 0.6 is 0 Å². The Morgan fingerprint density at radius 2 is 1.35 bits per heavy atom. The first-order valence-electron chi connectivity index (χ1n) is 12.2. The Morgan fingerprint density at radius 1 is 0.775 bits per heavy atom. The maximum Gasteiger partial charge on any atom is 0.326 e. The molecule has 0 aromatic heterocycles. The van der Waals surface area contributed by atoms with Gasteiger partial charge in [-0.25, -0.2) is 4.79 Å². The van der Waals surface area contributed by atoms with Crippen molar-refractivity contribution in [1.29, 1.82) is 0 Å². The molecular weight excluding hydrogens is 530 g/mol. The van der Waals surface area contributed by atoms with E-state index in [1.165, 1.54) is 0 Å². The number of amides is 3. The summed E-state index contributed by atoms with van der Waals surface area (Å²) in [5, 5.41) is 34.1. The molecule has 0 saturated carbocycles. The maximum atomic E-state index is 13.2. The van der Waals surface area contributed by atoms with Gasteiger partial charge in [-0.15, -0.1) is 0 Å². The summed E-state index contributed by atoms with van der Waals surface area (Å²) in [6.45, 7) is 0.233. The second-order valence-corrected chi connectivity index (χ2v) is 8.80.